The van der Waals surface area contributed by atoms with Crippen LogP contribution in [0.1, 0.15) is 20.8 Å². The van der Waals surface area contributed by atoms with Crippen molar-refractivity contribution in [2.24, 2.45) is 0 Å². The van der Waals surface area contributed by atoms with Crippen molar-refractivity contribution < 1.29 is 18.7 Å². The Labute approximate surface area is 157 Å². The van der Waals surface area contributed by atoms with E-state index in [1.165, 1.54) is 6.39 Å². The summed E-state index contributed by atoms with van der Waals surface area (Å²) in [4.78, 5) is 27.9. The lowest BCUT2D eigenvalue weighted by Gasteiger charge is -2.35. The van der Waals surface area contributed by atoms with E-state index in [0.29, 0.717) is 37.8 Å². The number of rotatable bonds is 2. The average Bonchev–Trinajstić information content (AvgIpc) is 3.15. The maximum absolute atomic E-state index is 12.5. The van der Waals surface area contributed by atoms with Crippen LogP contribution in [0.15, 0.2) is 35.1 Å². The molecule has 1 fully saturated rings. The first-order chi connectivity index (χ1) is 12.8. The smallest absolute Gasteiger partial charge is 0.410 e. The number of piperazine rings is 1. The third-order valence-corrected chi connectivity index (χ3v) is 3.94. The van der Waals surface area contributed by atoms with Crippen molar-refractivity contribution in [3.8, 4) is 11.5 Å². The van der Waals surface area contributed by atoms with E-state index in [1.54, 1.807) is 28.0 Å². The summed E-state index contributed by atoms with van der Waals surface area (Å²) in [6.45, 7) is 7.24. The molecule has 0 atom stereocenters. The Kier molecular flexibility index (Phi) is 5.29. The maximum atomic E-state index is 12.5. The van der Waals surface area contributed by atoms with E-state index in [-0.39, 0.29) is 12.1 Å². The third kappa shape index (κ3) is 4.96. The molecule has 9 heteroatoms. The lowest BCUT2D eigenvalue weighted by molar-refractivity contribution is 0.0174. The van der Waals surface area contributed by atoms with Crippen LogP contribution in [0.25, 0.3) is 11.5 Å². The molecule has 1 aliphatic rings. The van der Waals surface area contributed by atoms with E-state index >= 15 is 0 Å². The van der Waals surface area contributed by atoms with Crippen LogP contribution in [0.5, 0.6) is 0 Å². The van der Waals surface area contributed by atoms with Crippen molar-refractivity contribution in [1.82, 2.24) is 20.0 Å². The topological polar surface area (TPSA) is 101 Å². The van der Waals surface area contributed by atoms with Gasteiger partial charge in [-0.2, -0.15) is 0 Å². The highest BCUT2D eigenvalue weighted by Crippen LogP contribution is 2.21. The largest absolute Gasteiger partial charge is 0.444 e. The minimum Gasteiger partial charge on any atom is -0.444 e. The first kappa shape index (κ1) is 18.7. The Bertz CT molecular complexity index is 792. The molecular formula is C18H23N5O4. The van der Waals surface area contributed by atoms with Gasteiger partial charge in [0.05, 0.1) is 0 Å². The monoisotopic (exact) mass is 373 g/mol. The first-order valence-electron chi connectivity index (χ1n) is 8.72. The van der Waals surface area contributed by atoms with E-state index in [0.717, 1.165) is 5.56 Å². The van der Waals surface area contributed by atoms with E-state index in [2.05, 4.69) is 15.5 Å². The molecule has 0 spiro atoms. The van der Waals surface area contributed by atoms with Gasteiger partial charge in [-0.05, 0) is 39.0 Å². The normalized spacial score (nSPS) is 14.8. The van der Waals surface area contributed by atoms with Crippen LogP contribution >= 0.6 is 0 Å². The first-order valence-corrected chi connectivity index (χ1v) is 8.72. The highest BCUT2D eigenvalue weighted by Gasteiger charge is 2.27. The molecule has 3 amide bonds. The van der Waals surface area contributed by atoms with E-state index in [1.807, 2.05) is 26.8 Å². The molecule has 27 heavy (non-hydrogen) atoms. The molecule has 1 aromatic heterocycles. The number of urea groups is 1. The number of benzene rings is 1. The highest BCUT2D eigenvalue weighted by atomic mass is 16.6. The number of carbonyl (C=O) groups is 2. The maximum Gasteiger partial charge on any atom is 0.410 e. The number of anilines is 1. The van der Waals surface area contributed by atoms with Crippen LogP contribution in [0.3, 0.4) is 0 Å². The molecule has 1 saturated heterocycles. The van der Waals surface area contributed by atoms with Gasteiger partial charge in [-0.3, -0.25) is 0 Å². The van der Waals surface area contributed by atoms with Crippen LogP contribution < -0.4 is 5.32 Å². The molecule has 1 N–H and O–H groups in total. The summed E-state index contributed by atoms with van der Waals surface area (Å²) < 4.78 is 10.5. The summed E-state index contributed by atoms with van der Waals surface area (Å²) in [7, 11) is 0. The second-order valence-corrected chi connectivity index (χ2v) is 7.21. The molecular weight excluding hydrogens is 350 g/mol. The van der Waals surface area contributed by atoms with Gasteiger partial charge in [0.25, 0.3) is 0 Å². The number of hydrogen-bond donors (Lipinski definition) is 1. The van der Waals surface area contributed by atoms with Crippen molar-refractivity contribution in [1.29, 1.82) is 0 Å². The summed E-state index contributed by atoms with van der Waals surface area (Å²) >= 11 is 0. The fraction of sp³-hybridized carbons (Fsp3) is 0.444. The molecule has 1 aliphatic heterocycles. The summed E-state index contributed by atoms with van der Waals surface area (Å²) in [5.41, 5.74) is 0.819. The lowest BCUT2D eigenvalue weighted by atomic mass is 10.2. The number of aromatic nitrogens is 2. The number of ether oxygens (including phenoxy) is 1. The zero-order chi connectivity index (χ0) is 19.4. The molecule has 0 aliphatic carbocycles. The Morgan fingerprint density at radius 3 is 2.48 bits per heavy atom. The second-order valence-electron chi connectivity index (χ2n) is 7.21. The van der Waals surface area contributed by atoms with Gasteiger partial charge in [0, 0.05) is 37.4 Å². The van der Waals surface area contributed by atoms with Crippen LogP contribution in [-0.2, 0) is 4.74 Å². The number of hydrogen-bond acceptors (Lipinski definition) is 6. The van der Waals surface area contributed by atoms with Gasteiger partial charge in [0.2, 0.25) is 12.3 Å². The molecule has 0 bridgehead atoms. The number of nitrogens with one attached hydrogen (secondary N) is 1. The van der Waals surface area contributed by atoms with E-state index < -0.39 is 5.60 Å². The quantitative estimate of drug-likeness (QED) is 0.869. The molecule has 1 aromatic carbocycles. The summed E-state index contributed by atoms with van der Waals surface area (Å²) in [6, 6.07) is 6.96. The molecule has 0 unspecified atom stereocenters. The molecule has 2 heterocycles. The van der Waals surface area contributed by atoms with E-state index in [4.69, 9.17) is 9.15 Å². The molecule has 144 valence electrons. The van der Waals surface area contributed by atoms with Crippen LogP contribution in [0.2, 0.25) is 0 Å². The molecule has 0 saturated carbocycles. The van der Waals surface area contributed by atoms with Gasteiger partial charge in [0.15, 0.2) is 0 Å². The van der Waals surface area contributed by atoms with Crippen molar-refractivity contribution in [3.63, 3.8) is 0 Å². The Hall–Kier alpha value is -3.10. The molecule has 3 rings (SSSR count). The lowest BCUT2D eigenvalue weighted by Crippen LogP contribution is -2.52. The Morgan fingerprint density at radius 2 is 1.85 bits per heavy atom. The predicted molar refractivity (Wildman–Crippen MR) is 98.1 cm³/mol. The van der Waals surface area contributed by atoms with Crippen LogP contribution in [-0.4, -0.2) is 63.9 Å². The summed E-state index contributed by atoms with van der Waals surface area (Å²) in [5.74, 6) is 0.386. The van der Waals surface area contributed by atoms with Crippen molar-refractivity contribution in [2.75, 3.05) is 31.5 Å². The fourth-order valence-electron chi connectivity index (χ4n) is 2.65. The number of amides is 3. The average molecular weight is 373 g/mol. The zero-order valence-electron chi connectivity index (χ0n) is 15.6. The third-order valence-electron chi connectivity index (χ3n) is 3.94. The minimum atomic E-state index is -0.533. The fourth-order valence-corrected chi connectivity index (χ4v) is 2.65. The highest BCUT2D eigenvalue weighted by molar-refractivity contribution is 5.90. The standard InChI is InChI=1S/C18H23N5O4/c1-18(2,3)27-17(25)23-9-7-22(8-10-23)16(24)20-14-6-4-5-13(11-14)15-21-19-12-26-15/h4-6,11-12H,7-10H2,1-3H3,(H,20,24). The van der Waals surface area contributed by atoms with Crippen LogP contribution in [0, 0.1) is 0 Å². The van der Waals surface area contributed by atoms with Gasteiger partial charge < -0.3 is 24.3 Å². The SMILES string of the molecule is CC(C)(C)OC(=O)N1CCN(C(=O)Nc2cccc(-c3nnco3)c2)CC1. The van der Waals surface area contributed by atoms with Gasteiger partial charge in [0.1, 0.15) is 5.60 Å². The predicted octanol–water partition coefficient (Wildman–Crippen LogP) is 2.82. The van der Waals surface area contributed by atoms with Gasteiger partial charge in [-0.15, -0.1) is 10.2 Å². The summed E-state index contributed by atoms with van der Waals surface area (Å²) in [5, 5.41) is 10.4. The molecule has 0 radical (unpaired) electrons. The number of nitrogens with zero attached hydrogens (tertiary/aromatic N) is 4. The van der Waals surface area contributed by atoms with Crippen molar-refractivity contribution in [3.05, 3.63) is 30.7 Å². The second kappa shape index (κ2) is 7.65. The molecule has 2 aromatic rings. The Morgan fingerprint density at radius 1 is 1.15 bits per heavy atom. The zero-order valence-corrected chi connectivity index (χ0v) is 15.6. The molecule has 9 nitrogen and oxygen atoms in total. The van der Waals surface area contributed by atoms with Gasteiger partial charge in [-0.1, -0.05) is 6.07 Å². The van der Waals surface area contributed by atoms with E-state index in [9.17, 15) is 9.59 Å². The Balaban J connectivity index is 1.54. The summed E-state index contributed by atoms with van der Waals surface area (Å²) in [6.07, 6.45) is 0.903. The van der Waals surface area contributed by atoms with Crippen molar-refractivity contribution >= 4 is 17.8 Å². The van der Waals surface area contributed by atoms with Crippen molar-refractivity contribution in [2.45, 2.75) is 26.4 Å². The van der Waals surface area contributed by atoms with Gasteiger partial charge >= 0.3 is 12.1 Å². The van der Waals surface area contributed by atoms with Crippen LogP contribution in [0.4, 0.5) is 15.3 Å². The van der Waals surface area contributed by atoms with Gasteiger partial charge in [-0.25, -0.2) is 9.59 Å². The minimum absolute atomic E-state index is 0.221. The number of carbonyl (C=O) groups excluding carboxylic acids is 2.